The van der Waals surface area contributed by atoms with E-state index in [1.165, 1.54) is 0 Å². The molecule has 2 nitrogen and oxygen atoms in total. The van der Waals surface area contributed by atoms with Crippen LogP contribution in [0.25, 0.3) is 0 Å². The molecule has 0 bridgehead atoms. The van der Waals surface area contributed by atoms with E-state index in [0.29, 0.717) is 0 Å². The molecule has 0 radical (unpaired) electrons. The molecule has 0 aliphatic heterocycles. The minimum Gasteiger partial charge on any atom is -0.284 e. The first kappa shape index (κ1) is 11.1. The molecule has 1 aromatic rings. The fourth-order valence-electron chi connectivity index (χ4n) is 0.746. The van der Waals surface area contributed by atoms with Crippen molar-refractivity contribution in [2.45, 2.75) is 6.18 Å². The van der Waals surface area contributed by atoms with E-state index in [-0.39, 0.29) is 0 Å². The number of carbonyl (C=O) groups is 1. The first-order valence-corrected chi connectivity index (χ1v) is 4.05. The van der Waals surface area contributed by atoms with Crippen LogP contribution in [0.15, 0.2) is 16.7 Å². The first-order valence-electron chi connectivity index (χ1n) is 3.25. The summed E-state index contributed by atoms with van der Waals surface area (Å²) in [5.74, 6) is -3.26. The highest BCUT2D eigenvalue weighted by molar-refractivity contribution is 9.10. The molecule has 0 aliphatic carbocycles. The molecule has 1 aromatic heterocycles. The van der Waals surface area contributed by atoms with E-state index in [2.05, 4.69) is 20.9 Å². The van der Waals surface area contributed by atoms with Crippen LogP contribution in [0, 0.1) is 5.95 Å². The van der Waals surface area contributed by atoms with Gasteiger partial charge in [-0.3, -0.25) is 4.79 Å². The SMILES string of the molecule is O=C(c1ccnc(F)c1Br)C(F)(F)F. The molecule has 0 amide bonds. The standard InChI is InChI=1S/C7H2BrF4NO/c8-4-3(1-2-13-6(4)9)5(14)7(10,11)12/h1-2H. The summed E-state index contributed by atoms with van der Waals surface area (Å²) in [4.78, 5) is 13.8. The van der Waals surface area contributed by atoms with Gasteiger partial charge in [0.1, 0.15) is 0 Å². The molecule has 0 unspecified atom stereocenters. The molecule has 0 atom stereocenters. The zero-order valence-corrected chi connectivity index (χ0v) is 7.99. The maximum absolute atomic E-state index is 12.7. The smallest absolute Gasteiger partial charge is 0.284 e. The zero-order chi connectivity index (χ0) is 10.9. The van der Waals surface area contributed by atoms with E-state index in [0.717, 1.165) is 12.3 Å². The normalized spacial score (nSPS) is 11.5. The molecule has 7 heteroatoms. The van der Waals surface area contributed by atoms with E-state index < -0.39 is 27.9 Å². The third-order valence-electron chi connectivity index (χ3n) is 1.35. The van der Waals surface area contributed by atoms with Crippen molar-refractivity contribution in [3.05, 3.63) is 28.2 Å². The van der Waals surface area contributed by atoms with Crippen molar-refractivity contribution in [3.8, 4) is 0 Å². The molecular formula is C7H2BrF4NO. The third kappa shape index (κ3) is 2.09. The second-order valence-corrected chi connectivity index (χ2v) is 3.08. The van der Waals surface area contributed by atoms with Crippen LogP contribution in [0.1, 0.15) is 10.4 Å². The van der Waals surface area contributed by atoms with Gasteiger partial charge in [0.05, 0.1) is 4.47 Å². The van der Waals surface area contributed by atoms with E-state index in [9.17, 15) is 22.4 Å². The summed E-state index contributed by atoms with van der Waals surface area (Å²) in [6, 6.07) is 0.795. The van der Waals surface area contributed by atoms with Crippen LogP contribution < -0.4 is 0 Å². The minimum absolute atomic E-state index is 0.581. The fourth-order valence-corrected chi connectivity index (χ4v) is 1.16. The lowest BCUT2D eigenvalue weighted by Crippen LogP contribution is -2.23. The number of alkyl halides is 3. The number of aromatic nitrogens is 1. The maximum Gasteiger partial charge on any atom is 0.454 e. The van der Waals surface area contributed by atoms with Gasteiger partial charge in [0.2, 0.25) is 5.95 Å². The number of carbonyl (C=O) groups excluding carboxylic acids is 1. The molecule has 0 saturated carbocycles. The van der Waals surface area contributed by atoms with Gasteiger partial charge in [-0.25, -0.2) is 4.98 Å². The first-order chi connectivity index (χ1) is 6.34. The number of hydrogen-bond donors (Lipinski definition) is 0. The van der Waals surface area contributed by atoms with Crippen LogP contribution in [0.2, 0.25) is 0 Å². The largest absolute Gasteiger partial charge is 0.454 e. The van der Waals surface area contributed by atoms with E-state index in [4.69, 9.17) is 0 Å². The zero-order valence-electron chi connectivity index (χ0n) is 6.40. The van der Waals surface area contributed by atoms with Crippen LogP contribution in [0.4, 0.5) is 17.6 Å². The summed E-state index contributed by atoms with van der Waals surface area (Å²) in [5, 5.41) is 0. The summed E-state index contributed by atoms with van der Waals surface area (Å²) in [6.45, 7) is 0. The Balaban J connectivity index is 3.21. The van der Waals surface area contributed by atoms with Crippen LogP contribution in [-0.4, -0.2) is 16.9 Å². The lowest BCUT2D eigenvalue weighted by atomic mass is 10.2. The second kappa shape index (κ2) is 3.64. The molecule has 14 heavy (non-hydrogen) atoms. The number of rotatable bonds is 1. The molecule has 0 aliphatic rings. The van der Waals surface area contributed by atoms with E-state index >= 15 is 0 Å². The molecular weight excluding hydrogens is 270 g/mol. The van der Waals surface area contributed by atoms with Crippen molar-refractivity contribution in [2.24, 2.45) is 0 Å². The predicted octanol–water partition coefficient (Wildman–Crippen LogP) is 2.73. The summed E-state index contributed by atoms with van der Waals surface area (Å²) >= 11 is 2.51. The minimum atomic E-state index is -5.02. The van der Waals surface area contributed by atoms with Crippen molar-refractivity contribution >= 4 is 21.7 Å². The highest BCUT2D eigenvalue weighted by atomic mass is 79.9. The lowest BCUT2D eigenvalue weighted by molar-refractivity contribution is -0.0885. The van der Waals surface area contributed by atoms with Gasteiger partial charge in [0, 0.05) is 11.8 Å². The Hall–Kier alpha value is -0.980. The highest BCUT2D eigenvalue weighted by Crippen LogP contribution is 2.27. The molecule has 1 rings (SSSR count). The van der Waals surface area contributed by atoms with Gasteiger partial charge in [-0.2, -0.15) is 17.6 Å². The van der Waals surface area contributed by atoms with Crippen molar-refractivity contribution in [3.63, 3.8) is 0 Å². The summed E-state index contributed by atoms with van der Waals surface area (Å²) in [5.41, 5.74) is -0.787. The quantitative estimate of drug-likeness (QED) is 0.447. The number of halogens is 5. The van der Waals surface area contributed by atoms with E-state index in [1.807, 2.05) is 0 Å². The Labute approximate surface area is 84.1 Å². The van der Waals surface area contributed by atoms with Crippen molar-refractivity contribution in [1.82, 2.24) is 4.98 Å². The second-order valence-electron chi connectivity index (χ2n) is 2.29. The molecule has 0 spiro atoms. The summed E-state index contributed by atoms with van der Waals surface area (Å²) in [6.07, 6.45) is -4.23. The number of hydrogen-bond acceptors (Lipinski definition) is 2. The average molecular weight is 272 g/mol. The average Bonchev–Trinajstić information content (AvgIpc) is 2.07. The van der Waals surface area contributed by atoms with Crippen LogP contribution >= 0.6 is 15.9 Å². The molecule has 76 valence electrons. The molecule has 0 saturated heterocycles. The summed E-state index contributed by atoms with van der Waals surface area (Å²) < 4.78 is 47.9. The van der Waals surface area contributed by atoms with Gasteiger partial charge in [0.25, 0.3) is 5.78 Å². The fraction of sp³-hybridized carbons (Fsp3) is 0.143. The molecule has 0 aromatic carbocycles. The van der Waals surface area contributed by atoms with Gasteiger partial charge in [-0.15, -0.1) is 0 Å². The summed E-state index contributed by atoms with van der Waals surface area (Å²) in [7, 11) is 0. The predicted molar refractivity (Wildman–Crippen MR) is 42.3 cm³/mol. The molecule has 0 N–H and O–H groups in total. The topological polar surface area (TPSA) is 30.0 Å². The van der Waals surface area contributed by atoms with Crippen molar-refractivity contribution < 1.29 is 22.4 Å². The number of Topliss-reactive ketones (excluding diaryl/α,β-unsaturated/α-hetero) is 1. The Bertz CT molecular complexity index is 376. The van der Waals surface area contributed by atoms with Gasteiger partial charge in [-0.1, -0.05) is 0 Å². The van der Waals surface area contributed by atoms with Crippen LogP contribution in [-0.2, 0) is 0 Å². The van der Waals surface area contributed by atoms with Crippen molar-refractivity contribution in [2.75, 3.05) is 0 Å². The monoisotopic (exact) mass is 271 g/mol. The van der Waals surface area contributed by atoms with Gasteiger partial charge >= 0.3 is 6.18 Å². The highest BCUT2D eigenvalue weighted by Gasteiger charge is 2.40. The van der Waals surface area contributed by atoms with Crippen LogP contribution in [0.3, 0.4) is 0 Å². The number of nitrogens with zero attached hydrogens (tertiary/aromatic N) is 1. The Morgan fingerprint density at radius 2 is 2.00 bits per heavy atom. The van der Waals surface area contributed by atoms with Gasteiger partial charge in [0.15, 0.2) is 0 Å². The van der Waals surface area contributed by atoms with Crippen LogP contribution in [0.5, 0.6) is 0 Å². The Morgan fingerprint density at radius 3 is 2.50 bits per heavy atom. The van der Waals surface area contributed by atoms with Crippen molar-refractivity contribution in [1.29, 1.82) is 0 Å². The molecule has 1 heterocycles. The Morgan fingerprint density at radius 1 is 1.43 bits per heavy atom. The molecule has 0 fully saturated rings. The Kier molecular flexibility index (Phi) is 2.89. The van der Waals surface area contributed by atoms with E-state index in [1.54, 1.807) is 0 Å². The van der Waals surface area contributed by atoms with Gasteiger partial charge < -0.3 is 0 Å². The number of ketones is 1. The van der Waals surface area contributed by atoms with Gasteiger partial charge in [-0.05, 0) is 22.0 Å². The lowest BCUT2D eigenvalue weighted by Gasteiger charge is -2.06. The maximum atomic E-state index is 12.7. The third-order valence-corrected chi connectivity index (χ3v) is 2.10. The number of pyridine rings is 1.